The maximum Gasteiger partial charge on any atom is 0.109 e. The normalized spacial score (nSPS) is 20.1. The summed E-state index contributed by atoms with van der Waals surface area (Å²) in [7, 11) is 0. The highest BCUT2D eigenvalue weighted by Crippen LogP contribution is 2.37. The van der Waals surface area contributed by atoms with Crippen molar-refractivity contribution in [2.75, 3.05) is 0 Å². The Morgan fingerprint density at radius 2 is 1.31 bits per heavy atom. The molecule has 4 nitrogen and oxygen atoms in total. The molecule has 0 radical (unpaired) electrons. The number of nitrogens with one attached hydrogen (secondary N) is 2. The smallest absolute Gasteiger partial charge is 0.109 e. The Hall–Kier alpha value is -3.66. The minimum atomic E-state index is 0.376. The van der Waals surface area contributed by atoms with E-state index in [0.29, 0.717) is 17.8 Å². The molecule has 0 saturated carbocycles. The summed E-state index contributed by atoms with van der Waals surface area (Å²) in [6.45, 7) is 6.32. The van der Waals surface area contributed by atoms with Crippen LogP contribution >= 0.6 is 0 Å². The number of hydrogen-bond acceptors (Lipinski definition) is 2. The Balaban J connectivity index is 1.28. The second kappa shape index (κ2) is 7.20. The lowest BCUT2D eigenvalue weighted by Gasteiger charge is -2.25. The van der Waals surface area contributed by atoms with E-state index >= 15 is 0 Å². The molecule has 4 aromatic rings. The van der Waals surface area contributed by atoms with Crippen molar-refractivity contribution >= 4 is 33.2 Å². The molecule has 2 aliphatic carbocycles. The van der Waals surface area contributed by atoms with Crippen LogP contribution in [0.3, 0.4) is 0 Å². The second-order valence-corrected chi connectivity index (χ2v) is 9.18. The van der Waals surface area contributed by atoms with Gasteiger partial charge in [-0.15, -0.1) is 0 Å². The van der Waals surface area contributed by atoms with E-state index in [0.717, 1.165) is 33.7 Å². The van der Waals surface area contributed by atoms with Crippen molar-refractivity contribution < 1.29 is 0 Å². The van der Waals surface area contributed by atoms with Gasteiger partial charge in [0.25, 0.3) is 0 Å². The Morgan fingerprint density at radius 3 is 1.91 bits per heavy atom. The molecule has 0 aliphatic heterocycles. The fourth-order valence-corrected chi connectivity index (χ4v) is 4.73. The summed E-state index contributed by atoms with van der Waals surface area (Å²) in [5.74, 6) is 3.14. The number of aromatic nitrogens is 4. The third kappa shape index (κ3) is 3.23. The van der Waals surface area contributed by atoms with Crippen LogP contribution in [-0.2, 0) is 0 Å². The Labute approximate surface area is 187 Å². The zero-order chi connectivity index (χ0) is 21.8. The van der Waals surface area contributed by atoms with Crippen molar-refractivity contribution in [1.29, 1.82) is 0 Å². The molecular formula is C28H26N4. The number of fused-ring (bicyclic) bond motifs is 3. The van der Waals surface area contributed by atoms with Crippen LogP contribution in [0.4, 0.5) is 0 Å². The van der Waals surface area contributed by atoms with Gasteiger partial charge in [0, 0.05) is 17.8 Å². The van der Waals surface area contributed by atoms with E-state index in [-0.39, 0.29) is 0 Å². The topological polar surface area (TPSA) is 57.4 Å². The molecule has 158 valence electrons. The van der Waals surface area contributed by atoms with Gasteiger partial charge in [-0.1, -0.05) is 62.4 Å². The third-order valence-electron chi connectivity index (χ3n) is 6.50. The SMILES string of the molecule is Cc1nc2ccc(C3=CC4C=CC(c5ccc6nc(C(C)C)[nH]c6c5)=CC4C=C3)cc2[nH]1. The van der Waals surface area contributed by atoms with Crippen LogP contribution in [0.1, 0.15) is 42.5 Å². The Morgan fingerprint density at radius 1 is 0.750 bits per heavy atom. The van der Waals surface area contributed by atoms with Crippen molar-refractivity contribution in [3.63, 3.8) is 0 Å². The predicted octanol–water partition coefficient (Wildman–Crippen LogP) is 6.71. The minimum absolute atomic E-state index is 0.376. The molecule has 0 spiro atoms. The van der Waals surface area contributed by atoms with Crippen LogP contribution < -0.4 is 0 Å². The van der Waals surface area contributed by atoms with Gasteiger partial charge < -0.3 is 9.97 Å². The first kappa shape index (κ1) is 19.1. The van der Waals surface area contributed by atoms with Crippen molar-refractivity contribution in [2.45, 2.75) is 26.7 Å². The molecule has 2 aromatic carbocycles. The Bertz CT molecular complexity index is 1470. The van der Waals surface area contributed by atoms with Gasteiger partial charge in [-0.3, -0.25) is 0 Å². The fraction of sp³-hybridized carbons (Fsp3) is 0.214. The summed E-state index contributed by atoms with van der Waals surface area (Å²) >= 11 is 0. The summed E-state index contributed by atoms with van der Waals surface area (Å²) in [5.41, 5.74) is 9.24. The van der Waals surface area contributed by atoms with Crippen LogP contribution in [0.25, 0.3) is 33.2 Å². The van der Waals surface area contributed by atoms with Gasteiger partial charge in [0.2, 0.25) is 0 Å². The van der Waals surface area contributed by atoms with E-state index in [2.05, 4.69) is 102 Å². The number of benzene rings is 2. The molecule has 0 amide bonds. The van der Waals surface area contributed by atoms with E-state index in [1.807, 2.05) is 6.92 Å². The number of aryl methyl sites for hydroxylation is 1. The molecule has 2 atom stereocenters. The van der Waals surface area contributed by atoms with Gasteiger partial charge in [0.1, 0.15) is 11.6 Å². The van der Waals surface area contributed by atoms with Gasteiger partial charge in [-0.05, 0) is 53.5 Å². The molecule has 4 heteroatoms. The number of allylic oxidation sites excluding steroid dienone is 8. The largest absolute Gasteiger partial charge is 0.342 e. The summed E-state index contributed by atoms with van der Waals surface area (Å²) in [5, 5.41) is 0. The van der Waals surface area contributed by atoms with Crippen molar-refractivity contribution in [1.82, 2.24) is 19.9 Å². The first-order chi connectivity index (χ1) is 15.5. The maximum atomic E-state index is 4.70. The van der Waals surface area contributed by atoms with E-state index in [1.165, 1.54) is 22.3 Å². The molecule has 2 aliphatic rings. The summed E-state index contributed by atoms with van der Waals surface area (Å²) < 4.78 is 0. The van der Waals surface area contributed by atoms with Crippen LogP contribution in [0.5, 0.6) is 0 Å². The predicted molar refractivity (Wildman–Crippen MR) is 132 cm³/mol. The van der Waals surface area contributed by atoms with E-state index in [4.69, 9.17) is 4.98 Å². The lowest BCUT2D eigenvalue weighted by molar-refractivity contribution is 0.665. The first-order valence-corrected chi connectivity index (χ1v) is 11.3. The highest BCUT2D eigenvalue weighted by Gasteiger charge is 2.22. The molecule has 32 heavy (non-hydrogen) atoms. The van der Waals surface area contributed by atoms with E-state index < -0.39 is 0 Å². The summed E-state index contributed by atoms with van der Waals surface area (Å²) in [6.07, 6.45) is 13.9. The maximum absolute atomic E-state index is 4.70. The van der Waals surface area contributed by atoms with E-state index in [9.17, 15) is 0 Å². The second-order valence-electron chi connectivity index (χ2n) is 9.18. The number of imidazole rings is 2. The molecule has 2 heterocycles. The third-order valence-corrected chi connectivity index (χ3v) is 6.50. The molecule has 0 fully saturated rings. The quantitative estimate of drug-likeness (QED) is 0.388. The number of hydrogen-bond donors (Lipinski definition) is 2. The van der Waals surface area contributed by atoms with Gasteiger partial charge in [-0.2, -0.15) is 0 Å². The van der Waals surface area contributed by atoms with Gasteiger partial charge in [-0.25, -0.2) is 9.97 Å². The highest BCUT2D eigenvalue weighted by molar-refractivity contribution is 5.86. The number of rotatable bonds is 3. The monoisotopic (exact) mass is 418 g/mol. The minimum Gasteiger partial charge on any atom is -0.342 e. The number of aromatic amines is 2. The van der Waals surface area contributed by atoms with Crippen LogP contribution in [0.2, 0.25) is 0 Å². The van der Waals surface area contributed by atoms with Crippen molar-refractivity contribution in [3.05, 3.63) is 95.6 Å². The molecule has 2 N–H and O–H groups in total. The molecular weight excluding hydrogens is 392 g/mol. The standard InChI is InChI=1S/C28H26N4/c1-16(2)28-31-25-11-9-23(15-27(25)32-28)21-7-5-18-12-20(6-4-19(18)13-21)22-8-10-24-26(14-22)30-17(3)29-24/h4-16,18-19H,1-3H3,(H,29,30)(H,31,32). The zero-order valence-electron chi connectivity index (χ0n) is 18.6. The average Bonchev–Trinajstić information content (AvgIpc) is 3.39. The molecule has 2 unspecified atom stereocenters. The van der Waals surface area contributed by atoms with Gasteiger partial charge in [0.15, 0.2) is 0 Å². The van der Waals surface area contributed by atoms with Crippen LogP contribution in [0, 0.1) is 18.8 Å². The average molecular weight is 419 g/mol. The van der Waals surface area contributed by atoms with Crippen LogP contribution in [0.15, 0.2) is 72.9 Å². The first-order valence-electron chi connectivity index (χ1n) is 11.3. The Kier molecular flexibility index (Phi) is 4.29. The molecule has 0 bridgehead atoms. The van der Waals surface area contributed by atoms with Gasteiger partial charge in [0.05, 0.1) is 22.1 Å². The molecule has 2 aromatic heterocycles. The lowest BCUT2D eigenvalue weighted by atomic mass is 9.79. The van der Waals surface area contributed by atoms with Gasteiger partial charge >= 0.3 is 0 Å². The van der Waals surface area contributed by atoms with Crippen molar-refractivity contribution in [2.24, 2.45) is 11.8 Å². The summed E-state index contributed by atoms with van der Waals surface area (Å²) in [6, 6.07) is 13.0. The number of nitrogens with zero attached hydrogens (tertiary/aromatic N) is 2. The molecule has 6 rings (SSSR count). The highest BCUT2D eigenvalue weighted by atomic mass is 14.9. The number of H-pyrrole nitrogens is 2. The fourth-order valence-electron chi connectivity index (χ4n) is 4.73. The van der Waals surface area contributed by atoms with Crippen molar-refractivity contribution in [3.8, 4) is 0 Å². The molecule has 0 saturated heterocycles. The summed E-state index contributed by atoms with van der Waals surface area (Å²) in [4.78, 5) is 16.0. The lowest BCUT2D eigenvalue weighted by Crippen LogP contribution is -2.13. The van der Waals surface area contributed by atoms with Crippen LogP contribution in [-0.4, -0.2) is 19.9 Å². The van der Waals surface area contributed by atoms with E-state index in [1.54, 1.807) is 0 Å². The zero-order valence-corrected chi connectivity index (χ0v) is 18.6.